The third-order valence-electron chi connectivity index (χ3n) is 2.61. The maximum Gasteiger partial charge on any atom is 0.173 e. The molecule has 2 aromatic carbocycles. The number of amidine groups is 1. The summed E-state index contributed by atoms with van der Waals surface area (Å²) in [7, 11) is 0. The molecule has 0 saturated carbocycles. The van der Waals surface area contributed by atoms with Crippen molar-refractivity contribution in [1.29, 1.82) is 0 Å². The fourth-order valence-corrected chi connectivity index (χ4v) is 2.37. The molecule has 3 N–H and O–H groups in total. The molecule has 0 aliphatic rings. The number of nitrogens with zero attached hydrogens (tertiary/aromatic N) is 1. The van der Waals surface area contributed by atoms with Crippen molar-refractivity contribution in [2.45, 2.75) is 4.90 Å². The van der Waals surface area contributed by atoms with E-state index in [0.717, 1.165) is 9.37 Å². The number of nitrogens with two attached hydrogens (primary N) is 1. The minimum absolute atomic E-state index is 0.00762. The van der Waals surface area contributed by atoms with E-state index in [0.29, 0.717) is 17.1 Å². The molecular weight excluding hydrogens is 340 g/mol. The zero-order valence-electron chi connectivity index (χ0n) is 10.7. The molecule has 0 aliphatic heterocycles. The average molecular weight is 353 g/mol. The molecule has 0 atom stereocenters. The third-order valence-corrected chi connectivity index (χ3v) is 3.85. The van der Waals surface area contributed by atoms with Gasteiger partial charge in [0, 0.05) is 9.37 Å². The molecular formula is C14H13BrN2O2S. The second-order valence-electron chi connectivity index (χ2n) is 3.90. The van der Waals surface area contributed by atoms with Gasteiger partial charge < -0.3 is 15.7 Å². The molecule has 0 saturated heterocycles. The van der Waals surface area contributed by atoms with Crippen molar-refractivity contribution in [2.75, 3.05) is 6.26 Å². The van der Waals surface area contributed by atoms with Gasteiger partial charge in [-0.15, -0.1) is 11.8 Å². The first-order chi connectivity index (χ1) is 9.63. The smallest absolute Gasteiger partial charge is 0.173 e. The van der Waals surface area contributed by atoms with Crippen molar-refractivity contribution in [2.24, 2.45) is 10.9 Å². The Kier molecular flexibility index (Phi) is 4.92. The maximum atomic E-state index is 8.81. The van der Waals surface area contributed by atoms with Crippen LogP contribution in [0.4, 0.5) is 0 Å². The summed E-state index contributed by atoms with van der Waals surface area (Å²) in [4.78, 5) is 1.16. The van der Waals surface area contributed by atoms with Crippen LogP contribution in [0.3, 0.4) is 0 Å². The van der Waals surface area contributed by atoms with Crippen molar-refractivity contribution in [3.8, 4) is 11.5 Å². The Labute approximate surface area is 129 Å². The molecule has 0 spiro atoms. The van der Waals surface area contributed by atoms with E-state index in [1.165, 1.54) is 0 Å². The Morgan fingerprint density at radius 1 is 1.25 bits per heavy atom. The van der Waals surface area contributed by atoms with Gasteiger partial charge in [0.15, 0.2) is 5.84 Å². The van der Waals surface area contributed by atoms with Gasteiger partial charge >= 0.3 is 0 Å². The van der Waals surface area contributed by atoms with Crippen LogP contribution in [0.2, 0.25) is 0 Å². The number of halogens is 1. The highest BCUT2D eigenvalue weighted by atomic mass is 79.9. The van der Waals surface area contributed by atoms with Crippen molar-refractivity contribution in [3.05, 3.63) is 52.5 Å². The molecule has 104 valence electrons. The van der Waals surface area contributed by atoms with Gasteiger partial charge in [-0.1, -0.05) is 21.1 Å². The summed E-state index contributed by atoms with van der Waals surface area (Å²) in [5.74, 6) is 1.22. The summed E-state index contributed by atoms with van der Waals surface area (Å²) in [5.41, 5.74) is 6.18. The number of hydrogen-bond donors (Lipinski definition) is 2. The van der Waals surface area contributed by atoms with Gasteiger partial charge in [0.25, 0.3) is 0 Å². The van der Waals surface area contributed by atoms with Gasteiger partial charge in [-0.2, -0.15) is 0 Å². The van der Waals surface area contributed by atoms with Crippen LogP contribution >= 0.6 is 27.7 Å². The molecule has 0 bridgehead atoms. The molecule has 6 heteroatoms. The third kappa shape index (κ3) is 3.46. The Balaban J connectivity index is 2.33. The lowest BCUT2D eigenvalue weighted by atomic mass is 10.2. The minimum atomic E-state index is 0.00762. The molecule has 0 unspecified atom stereocenters. The van der Waals surface area contributed by atoms with Crippen LogP contribution in [0.15, 0.2) is 57.0 Å². The summed E-state index contributed by atoms with van der Waals surface area (Å²) < 4.78 is 6.65. The number of oxime groups is 1. The quantitative estimate of drug-likeness (QED) is 0.286. The SMILES string of the molecule is CSc1ccc(Oc2cc(Br)ccc2/C(N)=N/O)cc1. The van der Waals surface area contributed by atoms with Gasteiger partial charge in [0.05, 0.1) is 5.56 Å². The second kappa shape index (κ2) is 6.67. The molecule has 0 aliphatic carbocycles. The fraction of sp³-hybridized carbons (Fsp3) is 0.0714. The lowest BCUT2D eigenvalue weighted by Crippen LogP contribution is -2.14. The number of hydrogen-bond acceptors (Lipinski definition) is 4. The number of rotatable bonds is 4. The van der Waals surface area contributed by atoms with Gasteiger partial charge in [0.2, 0.25) is 0 Å². The summed E-state index contributed by atoms with van der Waals surface area (Å²) >= 11 is 5.04. The van der Waals surface area contributed by atoms with E-state index in [2.05, 4.69) is 21.1 Å². The predicted molar refractivity (Wildman–Crippen MR) is 84.9 cm³/mol. The predicted octanol–water partition coefficient (Wildman–Crippen LogP) is 4.06. The van der Waals surface area contributed by atoms with Crippen LogP contribution < -0.4 is 10.5 Å². The van der Waals surface area contributed by atoms with E-state index in [1.807, 2.05) is 30.5 Å². The summed E-state index contributed by atoms with van der Waals surface area (Å²) in [6.45, 7) is 0. The first kappa shape index (κ1) is 14.7. The molecule has 0 amide bonds. The van der Waals surface area contributed by atoms with Crippen molar-refractivity contribution >= 4 is 33.5 Å². The van der Waals surface area contributed by atoms with Crippen LogP contribution in [0, 0.1) is 0 Å². The molecule has 2 rings (SSSR count). The monoisotopic (exact) mass is 352 g/mol. The van der Waals surface area contributed by atoms with Crippen LogP contribution in [0.25, 0.3) is 0 Å². The first-order valence-electron chi connectivity index (χ1n) is 5.73. The van der Waals surface area contributed by atoms with Crippen LogP contribution in [0.5, 0.6) is 11.5 Å². The molecule has 0 heterocycles. The highest BCUT2D eigenvalue weighted by Crippen LogP contribution is 2.29. The largest absolute Gasteiger partial charge is 0.457 e. The molecule has 4 nitrogen and oxygen atoms in total. The fourth-order valence-electron chi connectivity index (χ4n) is 1.62. The van der Waals surface area contributed by atoms with Crippen LogP contribution in [-0.4, -0.2) is 17.3 Å². The summed E-state index contributed by atoms with van der Waals surface area (Å²) in [6, 6.07) is 13.0. The Hall–Kier alpha value is -1.66. The normalized spacial score (nSPS) is 11.4. The van der Waals surface area contributed by atoms with E-state index in [4.69, 9.17) is 15.7 Å². The standard InChI is InChI=1S/C14H13BrN2O2S/c1-20-11-5-3-10(4-6-11)19-13-8-9(15)2-7-12(13)14(16)17-18/h2-8,18H,1H3,(H2,16,17). The van der Waals surface area contributed by atoms with Gasteiger partial charge in [-0.25, -0.2) is 0 Å². The van der Waals surface area contributed by atoms with Gasteiger partial charge in [-0.05, 0) is 48.7 Å². The molecule has 20 heavy (non-hydrogen) atoms. The Morgan fingerprint density at radius 2 is 1.95 bits per heavy atom. The van der Waals surface area contributed by atoms with Crippen molar-refractivity contribution < 1.29 is 9.94 Å². The van der Waals surface area contributed by atoms with Gasteiger partial charge in [0.1, 0.15) is 11.5 Å². The van der Waals surface area contributed by atoms with E-state index in [1.54, 1.807) is 30.0 Å². The van der Waals surface area contributed by atoms with E-state index < -0.39 is 0 Å². The minimum Gasteiger partial charge on any atom is -0.457 e. The van der Waals surface area contributed by atoms with E-state index >= 15 is 0 Å². The topological polar surface area (TPSA) is 67.8 Å². The van der Waals surface area contributed by atoms with E-state index in [-0.39, 0.29) is 5.84 Å². The summed E-state index contributed by atoms with van der Waals surface area (Å²) in [6.07, 6.45) is 2.01. The zero-order valence-corrected chi connectivity index (χ0v) is 13.1. The summed E-state index contributed by atoms with van der Waals surface area (Å²) in [5, 5.41) is 11.8. The number of ether oxygens (including phenoxy) is 1. The van der Waals surface area contributed by atoms with Crippen LogP contribution in [0.1, 0.15) is 5.56 Å². The first-order valence-corrected chi connectivity index (χ1v) is 7.75. The molecule has 0 fully saturated rings. The van der Waals surface area contributed by atoms with E-state index in [9.17, 15) is 0 Å². The molecule has 2 aromatic rings. The highest BCUT2D eigenvalue weighted by Gasteiger charge is 2.10. The number of benzene rings is 2. The van der Waals surface area contributed by atoms with Crippen molar-refractivity contribution in [1.82, 2.24) is 0 Å². The van der Waals surface area contributed by atoms with Gasteiger partial charge in [-0.3, -0.25) is 0 Å². The zero-order chi connectivity index (χ0) is 14.5. The molecule has 0 aromatic heterocycles. The average Bonchev–Trinajstić information content (AvgIpc) is 2.47. The molecule has 0 radical (unpaired) electrons. The van der Waals surface area contributed by atoms with Crippen LogP contribution in [-0.2, 0) is 0 Å². The lowest BCUT2D eigenvalue weighted by molar-refractivity contribution is 0.318. The maximum absolute atomic E-state index is 8.81. The second-order valence-corrected chi connectivity index (χ2v) is 5.70. The number of thioether (sulfide) groups is 1. The Bertz CT molecular complexity index is 630. The Morgan fingerprint density at radius 3 is 2.55 bits per heavy atom. The highest BCUT2D eigenvalue weighted by molar-refractivity contribution is 9.10. The lowest BCUT2D eigenvalue weighted by Gasteiger charge is -2.11. The van der Waals surface area contributed by atoms with Crippen molar-refractivity contribution in [3.63, 3.8) is 0 Å².